The maximum atomic E-state index is 10.5. The number of aliphatic hydroxyl groups excluding tert-OH is 1. The van der Waals surface area contributed by atoms with Crippen LogP contribution in [0.1, 0.15) is 36.6 Å². The third-order valence-electron chi connectivity index (χ3n) is 3.34. The van der Waals surface area contributed by atoms with Crippen molar-refractivity contribution in [3.05, 3.63) is 59.2 Å². The molecule has 0 aliphatic heterocycles. The SMILES string of the molecule is COc1ccc(C(O)c2ccc(OC(C)C)cc2)c(C)c1. The molecule has 0 saturated heterocycles. The molecule has 3 nitrogen and oxygen atoms in total. The van der Waals surface area contributed by atoms with Crippen LogP contribution in [-0.2, 0) is 0 Å². The fraction of sp³-hybridized carbons (Fsp3) is 0.333. The van der Waals surface area contributed by atoms with E-state index in [1.54, 1.807) is 7.11 Å². The molecule has 0 amide bonds. The molecule has 112 valence electrons. The van der Waals surface area contributed by atoms with Gasteiger partial charge in [0.15, 0.2) is 0 Å². The van der Waals surface area contributed by atoms with E-state index in [-0.39, 0.29) is 6.10 Å². The van der Waals surface area contributed by atoms with Crippen LogP contribution < -0.4 is 9.47 Å². The zero-order valence-electron chi connectivity index (χ0n) is 13.0. The van der Waals surface area contributed by atoms with Crippen molar-refractivity contribution in [1.29, 1.82) is 0 Å². The molecule has 1 unspecified atom stereocenters. The van der Waals surface area contributed by atoms with Gasteiger partial charge >= 0.3 is 0 Å². The van der Waals surface area contributed by atoms with Crippen molar-refractivity contribution in [3.8, 4) is 11.5 Å². The van der Waals surface area contributed by atoms with Crippen molar-refractivity contribution in [2.24, 2.45) is 0 Å². The molecule has 1 N–H and O–H groups in total. The second-order valence-corrected chi connectivity index (χ2v) is 5.36. The highest BCUT2D eigenvalue weighted by molar-refractivity contribution is 5.41. The Bertz CT molecular complexity index is 588. The summed E-state index contributed by atoms with van der Waals surface area (Å²) in [7, 11) is 1.64. The largest absolute Gasteiger partial charge is 0.497 e. The van der Waals surface area contributed by atoms with E-state index >= 15 is 0 Å². The molecular weight excluding hydrogens is 264 g/mol. The molecule has 0 bridgehead atoms. The van der Waals surface area contributed by atoms with Crippen molar-refractivity contribution in [2.75, 3.05) is 7.11 Å². The summed E-state index contributed by atoms with van der Waals surface area (Å²) >= 11 is 0. The van der Waals surface area contributed by atoms with Crippen molar-refractivity contribution in [2.45, 2.75) is 33.0 Å². The number of hydrogen-bond donors (Lipinski definition) is 1. The van der Waals surface area contributed by atoms with E-state index in [1.807, 2.05) is 63.2 Å². The molecule has 0 aromatic heterocycles. The van der Waals surface area contributed by atoms with Crippen molar-refractivity contribution in [1.82, 2.24) is 0 Å². The second-order valence-electron chi connectivity index (χ2n) is 5.36. The topological polar surface area (TPSA) is 38.7 Å². The highest BCUT2D eigenvalue weighted by Crippen LogP contribution is 2.28. The summed E-state index contributed by atoms with van der Waals surface area (Å²) < 4.78 is 10.8. The molecule has 1 atom stereocenters. The van der Waals surface area contributed by atoms with Gasteiger partial charge in [-0.05, 0) is 61.7 Å². The van der Waals surface area contributed by atoms with Crippen molar-refractivity contribution < 1.29 is 14.6 Å². The summed E-state index contributed by atoms with van der Waals surface area (Å²) in [5.41, 5.74) is 2.73. The fourth-order valence-corrected chi connectivity index (χ4v) is 2.26. The van der Waals surface area contributed by atoms with E-state index in [2.05, 4.69) is 0 Å². The van der Waals surface area contributed by atoms with Crippen LogP contribution in [-0.4, -0.2) is 18.3 Å². The van der Waals surface area contributed by atoms with Gasteiger partial charge in [0.1, 0.15) is 17.6 Å². The average Bonchev–Trinajstić information content (AvgIpc) is 2.46. The van der Waals surface area contributed by atoms with Gasteiger partial charge in [-0.2, -0.15) is 0 Å². The van der Waals surface area contributed by atoms with Crippen LogP contribution in [0.25, 0.3) is 0 Å². The second kappa shape index (κ2) is 6.64. The third-order valence-corrected chi connectivity index (χ3v) is 3.34. The molecule has 0 heterocycles. The number of rotatable bonds is 5. The minimum Gasteiger partial charge on any atom is -0.497 e. The normalized spacial score (nSPS) is 12.3. The number of ether oxygens (including phenoxy) is 2. The van der Waals surface area contributed by atoms with Gasteiger partial charge in [0.25, 0.3) is 0 Å². The monoisotopic (exact) mass is 286 g/mol. The highest BCUT2D eigenvalue weighted by atomic mass is 16.5. The Morgan fingerprint density at radius 2 is 1.57 bits per heavy atom. The molecule has 21 heavy (non-hydrogen) atoms. The smallest absolute Gasteiger partial charge is 0.119 e. The Kier molecular flexibility index (Phi) is 4.86. The van der Waals surface area contributed by atoms with Gasteiger partial charge in [0.2, 0.25) is 0 Å². The molecule has 0 aliphatic carbocycles. The van der Waals surface area contributed by atoms with Crippen LogP contribution in [0.4, 0.5) is 0 Å². The standard InChI is InChI=1S/C18H22O3/c1-12(2)21-15-7-5-14(6-8-15)18(19)17-10-9-16(20-4)11-13(17)3/h5-12,18-19H,1-4H3. The van der Waals surface area contributed by atoms with E-state index < -0.39 is 6.10 Å². The van der Waals surface area contributed by atoms with E-state index in [9.17, 15) is 5.11 Å². The summed E-state index contributed by atoms with van der Waals surface area (Å²) in [6.07, 6.45) is -0.506. The number of hydrogen-bond acceptors (Lipinski definition) is 3. The first-order chi connectivity index (χ1) is 10.0. The summed E-state index contributed by atoms with van der Waals surface area (Å²) in [5, 5.41) is 10.5. The molecule has 0 aliphatic rings. The lowest BCUT2D eigenvalue weighted by molar-refractivity contribution is 0.218. The lowest BCUT2D eigenvalue weighted by atomic mass is 9.97. The number of methoxy groups -OCH3 is 1. The molecular formula is C18H22O3. The maximum Gasteiger partial charge on any atom is 0.119 e. The fourth-order valence-electron chi connectivity index (χ4n) is 2.26. The number of aryl methyl sites for hydroxylation is 1. The molecule has 0 radical (unpaired) electrons. The van der Waals surface area contributed by atoms with Gasteiger partial charge in [-0.3, -0.25) is 0 Å². The molecule has 0 saturated carbocycles. The van der Waals surface area contributed by atoms with E-state index in [1.165, 1.54) is 0 Å². The van der Waals surface area contributed by atoms with Crippen LogP contribution in [0.5, 0.6) is 11.5 Å². The summed E-state index contributed by atoms with van der Waals surface area (Å²) in [6.45, 7) is 5.95. The average molecular weight is 286 g/mol. The third kappa shape index (κ3) is 3.76. The predicted molar refractivity (Wildman–Crippen MR) is 84.0 cm³/mol. The first-order valence-corrected chi connectivity index (χ1v) is 7.10. The number of aliphatic hydroxyl groups is 1. The Morgan fingerprint density at radius 1 is 0.952 bits per heavy atom. The van der Waals surface area contributed by atoms with Gasteiger partial charge in [0.05, 0.1) is 13.2 Å². The Labute approximate surface area is 126 Å². The van der Waals surface area contributed by atoms with Crippen LogP contribution in [0.15, 0.2) is 42.5 Å². The van der Waals surface area contributed by atoms with Gasteiger partial charge in [0, 0.05) is 0 Å². The highest BCUT2D eigenvalue weighted by Gasteiger charge is 2.13. The molecule has 2 aromatic carbocycles. The van der Waals surface area contributed by atoms with Crippen LogP contribution in [0, 0.1) is 6.92 Å². The Hall–Kier alpha value is -2.00. The van der Waals surface area contributed by atoms with E-state index in [0.29, 0.717) is 0 Å². The maximum absolute atomic E-state index is 10.5. The summed E-state index contributed by atoms with van der Waals surface area (Å²) in [5.74, 6) is 1.61. The zero-order chi connectivity index (χ0) is 15.4. The quantitative estimate of drug-likeness (QED) is 0.906. The van der Waals surface area contributed by atoms with Crippen LogP contribution in [0.3, 0.4) is 0 Å². The van der Waals surface area contributed by atoms with Gasteiger partial charge in [-0.1, -0.05) is 18.2 Å². The summed E-state index contributed by atoms with van der Waals surface area (Å²) in [6, 6.07) is 13.3. The van der Waals surface area contributed by atoms with E-state index in [4.69, 9.17) is 9.47 Å². The molecule has 0 fully saturated rings. The van der Waals surface area contributed by atoms with E-state index in [0.717, 1.165) is 28.2 Å². The van der Waals surface area contributed by atoms with Crippen molar-refractivity contribution >= 4 is 0 Å². The van der Waals surface area contributed by atoms with Crippen LogP contribution >= 0.6 is 0 Å². The van der Waals surface area contributed by atoms with Gasteiger partial charge < -0.3 is 14.6 Å². The molecule has 2 aromatic rings. The minimum absolute atomic E-state index is 0.143. The zero-order valence-corrected chi connectivity index (χ0v) is 13.0. The van der Waals surface area contributed by atoms with Crippen LogP contribution in [0.2, 0.25) is 0 Å². The molecule has 0 spiro atoms. The molecule has 2 rings (SSSR count). The predicted octanol–water partition coefficient (Wildman–Crippen LogP) is 3.87. The lowest BCUT2D eigenvalue weighted by Crippen LogP contribution is -2.06. The van der Waals surface area contributed by atoms with Crippen molar-refractivity contribution in [3.63, 3.8) is 0 Å². The first kappa shape index (κ1) is 15.4. The summed E-state index contributed by atoms with van der Waals surface area (Å²) in [4.78, 5) is 0. The number of benzene rings is 2. The Morgan fingerprint density at radius 3 is 2.10 bits per heavy atom. The first-order valence-electron chi connectivity index (χ1n) is 7.10. The van der Waals surface area contributed by atoms with Gasteiger partial charge in [-0.15, -0.1) is 0 Å². The molecule has 3 heteroatoms. The lowest BCUT2D eigenvalue weighted by Gasteiger charge is -2.16. The van der Waals surface area contributed by atoms with Gasteiger partial charge in [-0.25, -0.2) is 0 Å². The minimum atomic E-state index is -0.649. The Balaban J connectivity index is 2.21.